The van der Waals surface area contributed by atoms with Crippen LogP contribution in [0.3, 0.4) is 0 Å². The van der Waals surface area contributed by atoms with Crippen LogP contribution in [0.1, 0.15) is 44.9 Å². The van der Waals surface area contributed by atoms with Crippen molar-refractivity contribution in [3.8, 4) is 11.4 Å². The number of alkyl halides is 3. The predicted octanol–water partition coefficient (Wildman–Crippen LogP) is 5.18. The van der Waals surface area contributed by atoms with Crippen molar-refractivity contribution < 1.29 is 13.2 Å². The van der Waals surface area contributed by atoms with Gasteiger partial charge in [0, 0.05) is 24.2 Å². The van der Waals surface area contributed by atoms with Crippen molar-refractivity contribution >= 4 is 0 Å². The van der Waals surface area contributed by atoms with Crippen molar-refractivity contribution in [3.05, 3.63) is 41.7 Å². The molecule has 0 N–H and O–H groups in total. The molecule has 1 aromatic heterocycles. The first-order valence-corrected chi connectivity index (χ1v) is 7.76. The highest BCUT2D eigenvalue weighted by Gasteiger charge is 2.52. The zero-order chi connectivity index (χ0) is 17.0. The lowest BCUT2D eigenvalue weighted by atomic mass is 9.73. The molecule has 1 heterocycles. The molecule has 1 aromatic carbocycles. The second-order valence-electron chi connectivity index (χ2n) is 7.47. The molecule has 0 saturated heterocycles. The van der Waals surface area contributed by atoms with E-state index >= 15 is 0 Å². The van der Waals surface area contributed by atoms with Crippen molar-refractivity contribution in [3.63, 3.8) is 0 Å². The first-order chi connectivity index (χ1) is 10.5. The smallest absolute Gasteiger partial charge is 0.333 e. The van der Waals surface area contributed by atoms with Gasteiger partial charge in [0.2, 0.25) is 0 Å². The van der Waals surface area contributed by atoms with E-state index in [0.717, 1.165) is 19.0 Å². The Hall–Kier alpha value is -1.78. The Bertz CT molecular complexity index is 714. The molecule has 5 heteroatoms. The van der Waals surface area contributed by atoms with Gasteiger partial charge in [-0.3, -0.25) is 0 Å². The first kappa shape index (κ1) is 16.1. The number of imidazole rings is 1. The average Bonchev–Trinajstić information content (AvgIpc) is 3.16. The lowest BCUT2D eigenvalue weighted by molar-refractivity contribution is -0.140. The van der Waals surface area contributed by atoms with E-state index in [9.17, 15) is 13.2 Å². The number of hydrogen-bond donors (Lipinski definition) is 0. The van der Waals surface area contributed by atoms with Gasteiger partial charge in [-0.05, 0) is 23.8 Å². The third-order valence-electron chi connectivity index (χ3n) is 5.05. The van der Waals surface area contributed by atoms with E-state index < -0.39 is 11.9 Å². The summed E-state index contributed by atoms with van der Waals surface area (Å²) < 4.78 is 39.8. The van der Waals surface area contributed by atoms with E-state index in [2.05, 4.69) is 25.8 Å². The van der Waals surface area contributed by atoms with Crippen LogP contribution in [0.15, 0.2) is 30.5 Å². The van der Waals surface area contributed by atoms with E-state index in [1.165, 1.54) is 10.1 Å². The Kier molecular flexibility index (Phi) is 3.40. The monoisotopic (exact) mass is 322 g/mol. The molecule has 2 nitrogen and oxygen atoms in total. The fourth-order valence-electron chi connectivity index (χ4n) is 3.41. The van der Waals surface area contributed by atoms with Gasteiger partial charge in [-0.15, -0.1) is 0 Å². The molecule has 0 bridgehead atoms. The van der Waals surface area contributed by atoms with Crippen LogP contribution in [0.25, 0.3) is 11.4 Å². The fraction of sp³-hybridized carbons (Fsp3) is 0.500. The van der Waals surface area contributed by atoms with Crippen molar-refractivity contribution in [1.29, 1.82) is 0 Å². The van der Waals surface area contributed by atoms with Crippen LogP contribution in [0.4, 0.5) is 13.2 Å². The highest BCUT2D eigenvalue weighted by molar-refractivity contribution is 5.57. The number of aromatic nitrogens is 2. The van der Waals surface area contributed by atoms with Gasteiger partial charge in [0.05, 0.1) is 0 Å². The summed E-state index contributed by atoms with van der Waals surface area (Å²) in [6, 6.07) is 7.83. The normalized spacial score (nSPS) is 17.3. The third kappa shape index (κ3) is 2.66. The molecule has 1 saturated carbocycles. The molecule has 0 atom stereocenters. The molecule has 0 radical (unpaired) electrons. The Morgan fingerprint density at radius 2 is 1.61 bits per heavy atom. The van der Waals surface area contributed by atoms with Crippen LogP contribution in [-0.2, 0) is 18.6 Å². The van der Waals surface area contributed by atoms with Crippen molar-refractivity contribution in [2.45, 2.75) is 45.2 Å². The molecule has 3 rings (SSSR count). The van der Waals surface area contributed by atoms with Gasteiger partial charge in [-0.1, -0.05) is 45.0 Å². The van der Waals surface area contributed by atoms with E-state index in [1.54, 1.807) is 7.05 Å². The van der Waals surface area contributed by atoms with Gasteiger partial charge in [0.25, 0.3) is 0 Å². The third-order valence-corrected chi connectivity index (χ3v) is 5.05. The van der Waals surface area contributed by atoms with Crippen molar-refractivity contribution in [1.82, 2.24) is 9.55 Å². The molecule has 0 unspecified atom stereocenters. The largest absolute Gasteiger partial charge is 0.434 e. The highest BCUT2D eigenvalue weighted by Crippen LogP contribution is 2.59. The molecule has 0 spiro atoms. The number of hydrogen-bond acceptors (Lipinski definition) is 1. The van der Waals surface area contributed by atoms with Crippen LogP contribution >= 0.6 is 0 Å². The number of benzene rings is 1. The molecular weight excluding hydrogens is 301 g/mol. The maximum atomic E-state index is 12.8. The first-order valence-electron chi connectivity index (χ1n) is 7.76. The standard InChI is InChI=1S/C18H21F3N2/c1-16(2,3)17(9-10-17)13-7-5-12(6-8-13)15-22-14(11-23(15)4)18(19,20)21/h5-8,11H,9-10H2,1-4H3. The SMILES string of the molecule is Cn1cc(C(F)(F)F)nc1-c1ccc(C2(C(C)(C)C)CC2)cc1. The van der Waals surface area contributed by atoms with Crippen LogP contribution in [-0.4, -0.2) is 9.55 Å². The van der Waals surface area contributed by atoms with Gasteiger partial charge >= 0.3 is 6.18 Å². The minimum absolute atomic E-state index is 0.182. The second kappa shape index (κ2) is 4.86. The molecule has 2 aromatic rings. The van der Waals surface area contributed by atoms with E-state index in [4.69, 9.17) is 0 Å². The van der Waals surface area contributed by atoms with Crippen molar-refractivity contribution in [2.24, 2.45) is 12.5 Å². The van der Waals surface area contributed by atoms with Crippen LogP contribution in [0.5, 0.6) is 0 Å². The molecule has 1 aliphatic rings. The zero-order valence-electron chi connectivity index (χ0n) is 13.8. The van der Waals surface area contributed by atoms with Gasteiger partial charge in [-0.25, -0.2) is 4.98 Å². The summed E-state index contributed by atoms with van der Waals surface area (Å²) >= 11 is 0. The minimum Gasteiger partial charge on any atom is -0.333 e. The summed E-state index contributed by atoms with van der Waals surface area (Å²) in [5, 5.41) is 0. The molecule has 1 fully saturated rings. The molecule has 0 aliphatic heterocycles. The summed E-state index contributed by atoms with van der Waals surface area (Å²) in [6.45, 7) is 6.72. The predicted molar refractivity (Wildman–Crippen MR) is 84.0 cm³/mol. The van der Waals surface area contributed by atoms with E-state index in [0.29, 0.717) is 11.4 Å². The topological polar surface area (TPSA) is 17.8 Å². The maximum absolute atomic E-state index is 12.8. The fourth-order valence-corrected chi connectivity index (χ4v) is 3.41. The van der Waals surface area contributed by atoms with Gasteiger partial charge < -0.3 is 4.57 Å². The van der Waals surface area contributed by atoms with E-state index in [1.807, 2.05) is 24.3 Å². The molecule has 124 valence electrons. The Morgan fingerprint density at radius 1 is 1.04 bits per heavy atom. The Balaban J connectivity index is 1.94. The summed E-state index contributed by atoms with van der Waals surface area (Å²) in [6.07, 6.45) is -1.06. The molecule has 0 amide bonds. The summed E-state index contributed by atoms with van der Waals surface area (Å²) in [7, 11) is 1.59. The van der Waals surface area contributed by atoms with Crippen LogP contribution in [0, 0.1) is 5.41 Å². The number of nitrogens with zero attached hydrogens (tertiary/aromatic N) is 2. The van der Waals surface area contributed by atoms with Crippen LogP contribution in [0.2, 0.25) is 0 Å². The molecule has 1 aliphatic carbocycles. The summed E-state index contributed by atoms with van der Waals surface area (Å²) in [5.74, 6) is 0.337. The van der Waals surface area contributed by atoms with Gasteiger partial charge in [0.15, 0.2) is 5.69 Å². The highest BCUT2D eigenvalue weighted by atomic mass is 19.4. The minimum atomic E-state index is -4.42. The number of halogens is 3. The summed E-state index contributed by atoms with van der Waals surface area (Å²) in [5.41, 5.74) is 1.49. The Morgan fingerprint density at radius 3 is 2.00 bits per heavy atom. The van der Waals surface area contributed by atoms with Gasteiger partial charge in [-0.2, -0.15) is 13.2 Å². The quantitative estimate of drug-likeness (QED) is 0.744. The Labute approximate surface area is 134 Å². The number of aryl methyl sites for hydroxylation is 1. The lowest BCUT2D eigenvalue weighted by Gasteiger charge is -2.31. The molecular formula is C18H21F3N2. The zero-order valence-corrected chi connectivity index (χ0v) is 13.8. The lowest BCUT2D eigenvalue weighted by Crippen LogP contribution is -2.25. The number of rotatable bonds is 2. The van der Waals surface area contributed by atoms with Gasteiger partial charge in [0.1, 0.15) is 5.82 Å². The second-order valence-corrected chi connectivity index (χ2v) is 7.47. The molecule has 23 heavy (non-hydrogen) atoms. The average molecular weight is 322 g/mol. The van der Waals surface area contributed by atoms with Crippen LogP contribution < -0.4 is 0 Å². The summed E-state index contributed by atoms with van der Waals surface area (Å²) in [4.78, 5) is 3.75. The maximum Gasteiger partial charge on any atom is 0.434 e. The van der Waals surface area contributed by atoms with E-state index in [-0.39, 0.29) is 10.8 Å². The van der Waals surface area contributed by atoms with Crippen molar-refractivity contribution in [2.75, 3.05) is 0 Å².